The first-order valence-electron chi connectivity index (χ1n) is 26.7. The van der Waals surface area contributed by atoms with E-state index in [4.69, 9.17) is 44.9 Å². The van der Waals surface area contributed by atoms with Crippen LogP contribution in [0.1, 0.15) is 0 Å². The highest BCUT2D eigenvalue weighted by atomic mass is 15.2. The van der Waals surface area contributed by atoms with Crippen molar-refractivity contribution in [1.29, 1.82) is 0 Å². The first-order valence-corrected chi connectivity index (χ1v) is 26.7. The number of hydrogen-bond acceptors (Lipinski definition) is 9. The summed E-state index contributed by atoms with van der Waals surface area (Å²) in [5.74, 6) is 4.89. The van der Waals surface area contributed by atoms with Gasteiger partial charge in [0, 0.05) is 65.7 Å². The molecule has 16 aromatic rings. The van der Waals surface area contributed by atoms with Gasteiger partial charge in [0.1, 0.15) is 0 Å². The van der Waals surface area contributed by atoms with E-state index >= 15 is 0 Å². The van der Waals surface area contributed by atoms with Crippen LogP contribution in [0.15, 0.2) is 255 Å². The molecule has 0 saturated heterocycles. The van der Waals surface area contributed by atoms with Crippen LogP contribution in [-0.4, -0.2) is 58.6 Å². The summed E-state index contributed by atoms with van der Waals surface area (Å²) in [6.45, 7) is 0. The number of aromatic nitrogens is 12. The molecule has 0 aliphatic rings. The standard InChI is InChI=1S/C69H42N12/c1-5-21-43(22-6-1)61-70-62(44-23-7-2-8-24-44)74-67(73-61)80-57-35-19-15-31-51(57)53-42-48(37-39-59(53)80)66-72-64(46-27-11-4-12-28-46)76-69(78-66)81-58-36-20-16-32-52(58)54-41-47(38-40-60(54)81)65-71-63(45-25-9-3-10-26-45)75-68(77-65)79-55-33-17-13-29-49(55)50-30-14-18-34-56(50)79/h1-42H. The van der Waals surface area contributed by atoms with E-state index in [-0.39, 0.29) is 0 Å². The fourth-order valence-electron chi connectivity index (χ4n) is 11.3. The molecule has 0 fully saturated rings. The third-order valence-electron chi connectivity index (χ3n) is 15.0. The van der Waals surface area contributed by atoms with Crippen molar-refractivity contribution in [1.82, 2.24) is 58.6 Å². The maximum atomic E-state index is 5.39. The summed E-state index contributed by atoms with van der Waals surface area (Å²) >= 11 is 0. The summed E-state index contributed by atoms with van der Waals surface area (Å²) in [5.41, 5.74) is 11.0. The van der Waals surface area contributed by atoms with Crippen molar-refractivity contribution in [3.63, 3.8) is 0 Å². The third kappa shape index (κ3) is 7.72. The highest BCUT2D eigenvalue weighted by Crippen LogP contribution is 2.39. The van der Waals surface area contributed by atoms with Gasteiger partial charge in [0.2, 0.25) is 17.8 Å². The molecule has 81 heavy (non-hydrogen) atoms. The molecular formula is C69H42N12. The molecule has 0 aliphatic carbocycles. The van der Waals surface area contributed by atoms with E-state index in [0.29, 0.717) is 52.8 Å². The zero-order chi connectivity index (χ0) is 53.4. The van der Waals surface area contributed by atoms with Crippen molar-refractivity contribution in [2.75, 3.05) is 0 Å². The van der Waals surface area contributed by atoms with Crippen molar-refractivity contribution in [2.24, 2.45) is 0 Å². The zero-order valence-corrected chi connectivity index (χ0v) is 43.1. The third-order valence-corrected chi connectivity index (χ3v) is 15.0. The minimum absolute atomic E-state index is 0.479. The molecule has 0 bridgehead atoms. The Kier molecular flexibility index (Phi) is 10.6. The molecule has 0 aliphatic heterocycles. The van der Waals surface area contributed by atoms with Gasteiger partial charge in [-0.05, 0) is 60.7 Å². The van der Waals surface area contributed by atoms with Gasteiger partial charge >= 0.3 is 0 Å². The lowest BCUT2D eigenvalue weighted by Crippen LogP contribution is -2.07. The Labute approximate surface area is 462 Å². The average molecular weight is 1040 g/mol. The highest BCUT2D eigenvalue weighted by molar-refractivity contribution is 6.12. The van der Waals surface area contributed by atoms with Crippen molar-refractivity contribution < 1.29 is 0 Å². The molecule has 0 radical (unpaired) electrons. The second-order valence-corrected chi connectivity index (χ2v) is 19.9. The van der Waals surface area contributed by atoms with E-state index in [2.05, 4.69) is 141 Å². The fourth-order valence-corrected chi connectivity index (χ4v) is 11.3. The molecule has 12 nitrogen and oxygen atoms in total. The molecular weight excluding hydrogens is 997 g/mol. The van der Waals surface area contributed by atoms with Gasteiger partial charge in [-0.2, -0.15) is 29.9 Å². The van der Waals surface area contributed by atoms with E-state index in [1.807, 2.05) is 127 Å². The molecule has 6 heterocycles. The Morgan fingerprint density at radius 1 is 0.173 bits per heavy atom. The first-order chi connectivity index (χ1) is 40.1. The Hall–Kier alpha value is -11.4. The van der Waals surface area contributed by atoms with Crippen LogP contribution in [0.25, 0.3) is 152 Å². The molecule has 0 atom stereocenters. The monoisotopic (exact) mass is 1040 g/mol. The summed E-state index contributed by atoms with van der Waals surface area (Å²) in [4.78, 5) is 46.9. The van der Waals surface area contributed by atoms with E-state index in [1.54, 1.807) is 0 Å². The highest BCUT2D eigenvalue weighted by Gasteiger charge is 2.23. The minimum Gasteiger partial charge on any atom is -0.278 e. The normalized spacial score (nSPS) is 11.7. The summed E-state index contributed by atoms with van der Waals surface area (Å²) < 4.78 is 6.41. The average Bonchev–Trinajstić information content (AvgIpc) is 4.41. The van der Waals surface area contributed by atoms with Crippen molar-refractivity contribution in [2.45, 2.75) is 0 Å². The molecule has 0 saturated carbocycles. The second-order valence-electron chi connectivity index (χ2n) is 19.9. The van der Waals surface area contributed by atoms with Gasteiger partial charge in [-0.3, -0.25) is 13.7 Å². The summed E-state index contributed by atoms with van der Waals surface area (Å²) in [6.07, 6.45) is 0. The number of hydrogen-bond donors (Lipinski definition) is 0. The van der Waals surface area contributed by atoms with Gasteiger partial charge in [-0.25, -0.2) is 15.0 Å². The topological polar surface area (TPSA) is 131 Å². The largest absolute Gasteiger partial charge is 0.278 e. The van der Waals surface area contributed by atoms with Crippen LogP contribution < -0.4 is 0 Å². The van der Waals surface area contributed by atoms with Crippen LogP contribution in [0, 0.1) is 0 Å². The van der Waals surface area contributed by atoms with Crippen LogP contribution >= 0.6 is 0 Å². The molecule has 0 unspecified atom stereocenters. The van der Waals surface area contributed by atoms with Crippen LogP contribution in [0.3, 0.4) is 0 Å². The van der Waals surface area contributed by atoms with E-state index in [0.717, 1.165) is 98.8 Å². The molecule has 10 aromatic carbocycles. The quantitative estimate of drug-likeness (QED) is 0.139. The fraction of sp³-hybridized carbons (Fsp3) is 0. The number of nitrogens with zero attached hydrogens (tertiary/aromatic N) is 12. The maximum absolute atomic E-state index is 5.39. The Morgan fingerprint density at radius 3 is 0.679 bits per heavy atom. The molecule has 6 aromatic heterocycles. The summed E-state index contributed by atoms with van der Waals surface area (Å²) in [5, 5.41) is 6.29. The number of rotatable bonds is 9. The lowest BCUT2D eigenvalue weighted by Gasteiger charge is -2.12. The van der Waals surface area contributed by atoms with Crippen molar-refractivity contribution >= 4 is 65.4 Å². The van der Waals surface area contributed by atoms with Crippen LogP contribution in [0.2, 0.25) is 0 Å². The van der Waals surface area contributed by atoms with Gasteiger partial charge in [0.15, 0.2) is 34.9 Å². The van der Waals surface area contributed by atoms with Gasteiger partial charge < -0.3 is 0 Å². The SMILES string of the molecule is c1ccc(-c2nc(-c3ccc4c(c3)c3ccccc3n4-c3nc(-c4ccccc4)nc(-c4ccc5c(c4)c4ccccc4n5-c4nc(-c5ccccc5)nc(-c5ccccc5)n4)n3)nc(-n3c4ccccc4c4ccccc43)n2)cc1. The molecule has 0 amide bonds. The van der Waals surface area contributed by atoms with E-state index in [1.165, 1.54) is 0 Å². The predicted molar refractivity (Wildman–Crippen MR) is 322 cm³/mol. The zero-order valence-electron chi connectivity index (χ0n) is 43.1. The van der Waals surface area contributed by atoms with E-state index in [9.17, 15) is 0 Å². The molecule has 0 N–H and O–H groups in total. The van der Waals surface area contributed by atoms with Crippen LogP contribution in [0.5, 0.6) is 0 Å². The summed E-state index contributed by atoms with van der Waals surface area (Å²) in [6, 6.07) is 86.5. The first kappa shape index (κ1) is 45.8. The Balaban J connectivity index is 0.868. The van der Waals surface area contributed by atoms with Gasteiger partial charge in [-0.1, -0.05) is 194 Å². The Morgan fingerprint density at radius 2 is 0.395 bits per heavy atom. The number of para-hydroxylation sites is 4. The van der Waals surface area contributed by atoms with E-state index < -0.39 is 0 Å². The van der Waals surface area contributed by atoms with Crippen molar-refractivity contribution in [3.05, 3.63) is 255 Å². The summed E-state index contributed by atoms with van der Waals surface area (Å²) in [7, 11) is 0. The Bertz CT molecular complexity index is 5000. The predicted octanol–water partition coefficient (Wildman–Crippen LogP) is 15.5. The van der Waals surface area contributed by atoms with Crippen LogP contribution in [0.4, 0.5) is 0 Å². The molecule has 16 rings (SSSR count). The number of fused-ring (bicyclic) bond motifs is 9. The number of benzene rings is 10. The van der Waals surface area contributed by atoms with Crippen molar-refractivity contribution in [3.8, 4) is 86.2 Å². The molecule has 378 valence electrons. The minimum atomic E-state index is 0.479. The molecule has 0 spiro atoms. The van der Waals surface area contributed by atoms with Gasteiger partial charge in [-0.15, -0.1) is 0 Å². The lowest BCUT2D eigenvalue weighted by molar-refractivity contribution is 0.951. The van der Waals surface area contributed by atoms with Gasteiger partial charge in [0.05, 0.1) is 33.1 Å². The maximum Gasteiger partial charge on any atom is 0.238 e. The lowest BCUT2D eigenvalue weighted by atomic mass is 10.1. The smallest absolute Gasteiger partial charge is 0.238 e. The second kappa shape index (κ2) is 18.7. The van der Waals surface area contributed by atoms with Crippen LogP contribution in [-0.2, 0) is 0 Å². The molecule has 12 heteroatoms. The van der Waals surface area contributed by atoms with Gasteiger partial charge in [0.25, 0.3) is 0 Å².